The number of hydrogen-bond acceptors (Lipinski definition) is 3. The summed E-state index contributed by atoms with van der Waals surface area (Å²) in [6, 6.07) is 7.15. The summed E-state index contributed by atoms with van der Waals surface area (Å²) in [5, 5.41) is 0. The zero-order valence-electron chi connectivity index (χ0n) is 10.7. The Balaban J connectivity index is 2.88. The quantitative estimate of drug-likeness (QED) is 0.877. The summed E-state index contributed by atoms with van der Waals surface area (Å²) in [5.74, 6) is 0.899. The molecule has 96 valence electrons. The fraction of sp³-hybridized carbons (Fsp3) is 0.538. The van der Waals surface area contributed by atoms with E-state index in [4.69, 9.17) is 5.73 Å². The minimum Gasteiger partial charge on any atom is -0.330 e. The normalized spacial score (nSPS) is 15.5. The Morgan fingerprint density at radius 2 is 1.71 bits per heavy atom. The molecule has 2 atom stereocenters. The largest absolute Gasteiger partial charge is 0.330 e. The standard InChI is InChI=1S/C13H21NO2S/c1-10(8-9-14)11(2)12-4-6-13(7-5-12)17(3,15)16/h4-7,10-11H,8-9,14H2,1-3H3. The van der Waals surface area contributed by atoms with Gasteiger partial charge >= 0.3 is 0 Å². The van der Waals surface area contributed by atoms with E-state index in [9.17, 15) is 8.42 Å². The second-order valence-electron chi connectivity index (χ2n) is 4.68. The van der Waals surface area contributed by atoms with Crippen LogP contribution >= 0.6 is 0 Å². The fourth-order valence-corrected chi connectivity index (χ4v) is 2.49. The van der Waals surface area contributed by atoms with E-state index in [0.717, 1.165) is 6.42 Å². The molecule has 0 fully saturated rings. The van der Waals surface area contributed by atoms with Crippen LogP contribution in [0.5, 0.6) is 0 Å². The van der Waals surface area contributed by atoms with Gasteiger partial charge in [0.25, 0.3) is 0 Å². The third kappa shape index (κ3) is 3.82. The van der Waals surface area contributed by atoms with Crippen molar-refractivity contribution in [3.05, 3.63) is 29.8 Å². The Hall–Kier alpha value is -0.870. The lowest BCUT2D eigenvalue weighted by Crippen LogP contribution is -2.12. The van der Waals surface area contributed by atoms with Gasteiger partial charge in [0.2, 0.25) is 0 Å². The molecule has 0 aliphatic heterocycles. The van der Waals surface area contributed by atoms with Crippen molar-refractivity contribution < 1.29 is 8.42 Å². The van der Waals surface area contributed by atoms with Crippen LogP contribution in [0.25, 0.3) is 0 Å². The Morgan fingerprint density at radius 3 is 2.12 bits per heavy atom. The van der Waals surface area contributed by atoms with Crippen molar-refractivity contribution in [2.75, 3.05) is 12.8 Å². The molecule has 1 rings (SSSR count). The van der Waals surface area contributed by atoms with Crippen molar-refractivity contribution >= 4 is 9.84 Å². The van der Waals surface area contributed by atoms with E-state index >= 15 is 0 Å². The van der Waals surface area contributed by atoms with Crippen molar-refractivity contribution in [2.45, 2.75) is 31.1 Å². The lowest BCUT2D eigenvalue weighted by atomic mass is 9.87. The van der Waals surface area contributed by atoms with Gasteiger partial charge in [-0.05, 0) is 42.5 Å². The van der Waals surface area contributed by atoms with Gasteiger partial charge < -0.3 is 5.73 Å². The topological polar surface area (TPSA) is 60.2 Å². The third-order valence-corrected chi connectivity index (χ3v) is 4.44. The smallest absolute Gasteiger partial charge is 0.175 e. The van der Waals surface area contributed by atoms with Gasteiger partial charge in [0, 0.05) is 6.26 Å². The molecular weight excluding hydrogens is 234 g/mol. The maximum absolute atomic E-state index is 11.3. The van der Waals surface area contributed by atoms with Crippen LogP contribution in [0.4, 0.5) is 0 Å². The Bertz CT molecular complexity index is 451. The van der Waals surface area contributed by atoms with E-state index < -0.39 is 9.84 Å². The van der Waals surface area contributed by atoms with Crippen molar-refractivity contribution in [2.24, 2.45) is 11.7 Å². The van der Waals surface area contributed by atoms with E-state index in [0.29, 0.717) is 23.3 Å². The zero-order valence-corrected chi connectivity index (χ0v) is 11.5. The molecular formula is C13H21NO2S. The molecule has 0 saturated carbocycles. The van der Waals surface area contributed by atoms with Crippen LogP contribution in [-0.2, 0) is 9.84 Å². The summed E-state index contributed by atoms with van der Waals surface area (Å²) in [7, 11) is -3.10. The van der Waals surface area contributed by atoms with E-state index in [1.165, 1.54) is 11.8 Å². The van der Waals surface area contributed by atoms with Crippen molar-refractivity contribution in [3.63, 3.8) is 0 Å². The summed E-state index contributed by atoms with van der Waals surface area (Å²) in [4.78, 5) is 0.375. The molecule has 2 unspecified atom stereocenters. The van der Waals surface area contributed by atoms with Gasteiger partial charge in [-0.15, -0.1) is 0 Å². The molecule has 1 aromatic carbocycles. The molecule has 2 N–H and O–H groups in total. The Labute approximate surface area is 104 Å². The monoisotopic (exact) mass is 255 g/mol. The molecule has 0 bridgehead atoms. The van der Waals surface area contributed by atoms with Gasteiger partial charge in [-0.3, -0.25) is 0 Å². The SMILES string of the molecule is CC(CCN)C(C)c1ccc(S(C)(=O)=O)cc1. The number of rotatable bonds is 5. The maximum atomic E-state index is 11.3. The predicted molar refractivity (Wildman–Crippen MR) is 70.8 cm³/mol. The van der Waals surface area contributed by atoms with E-state index in [-0.39, 0.29) is 0 Å². The number of nitrogens with two attached hydrogens (primary N) is 1. The first kappa shape index (κ1) is 14.2. The first-order chi connectivity index (χ1) is 7.86. The number of sulfone groups is 1. The summed E-state index contributed by atoms with van der Waals surface area (Å²) in [5.41, 5.74) is 6.71. The molecule has 0 amide bonds. The molecule has 0 aliphatic rings. The Kier molecular flexibility index (Phi) is 4.71. The van der Waals surface area contributed by atoms with Crippen LogP contribution in [0.1, 0.15) is 31.7 Å². The number of benzene rings is 1. The van der Waals surface area contributed by atoms with Crippen molar-refractivity contribution in [1.82, 2.24) is 0 Å². The second kappa shape index (κ2) is 5.65. The van der Waals surface area contributed by atoms with Gasteiger partial charge in [0.1, 0.15) is 0 Å². The van der Waals surface area contributed by atoms with Crippen molar-refractivity contribution in [3.8, 4) is 0 Å². The molecule has 3 nitrogen and oxygen atoms in total. The van der Waals surface area contributed by atoms with Gasteiger partial charge in [0.15, 0.2) is 9.84 Å². The fourth-order valence-electron chi connectivity index (χ4n) is 1.86. The molecule has 4 heteroatoms. The van der Waals surface area contributed by atoms with Gasteiger partial charge in [0.05, 0.1) is 4.90 Å². The Morgan fingerprint density at radius 1 is 1.18 bits per heavy atom. The average molecular weight is 255 g/mol. The van der Waals surface area contributed by atoms with Crippen LogP contribution in [0.15, 0.2) is 29.2 Å². The minimum atomic E-state index is -3.10. The highest BCUT2D eigenvalue weighted by atomic mass is 32.2. The molecule has 0 saturated heterocycles. The molecule has 0 heterocycles. The molecule has 1 aromatic rings. The second-order valence-corrected chi connectivity index (χ2v) is 6.70. The van der Waals surface area contributed by atoms with Gasteiger partial charge in [-0.2, -0.15) is 0 Å². The van der Waals surface area contributed by atoms with Crippen LogP contribution in [-0.4, -0.2) is 21.2 Å². The van der Waals surface area contributed by atoms with Crippen LogP contribution in [0.3, 0.4) is 0 Å². The lowest BCUT2D eigenvalue weighted by Gasteiger charge is -2.19. The van der Waals surface area contributed by atoms with E-state index in [2.05, 4.69) is 13.8 Å². The summed E-state index contributed by atoms with van der Waals surface area (Å²) in [6.45, 7) is 5.00. The van der Waals surface area contributed by atoms with E-state index in [1.54, 1.807) is 12.1 Å². The highest BCUT2D eigenvalue weighted by Crippen LogP contribution is 2.26. The summed E-state index contributed by atoms with van der Waals surface area (Å²) in [6.07, 6.45) is 2.21. The van der Waals surface area contributed by atoms with Crippen molar-refractivity contribution in [1.29, 1.82) is 0 Å². The zero-order chi connectivity index (χ0) is 13.1. The summed E-state index contributed by atoms with van der Waals surface area (Å²) < 4.78 is 22.7. The van der Waals surface area contributed by atoms with E-state index in [1.807, 2.05) is 12.1 Å². The first-order valence-corrected chi connectivity index (χ1v) is 7.75. The third-order valence-electron chi connectivity index (χ3n) is 3.31. The first-order valence-electron chi connectivity index (χ1n) is 5.86. The lowest BCUT2D eigenvalue weighted by molar-refractivity contribution is 0.459. The highest BCUT2D eigenvalue weighted by Gasteiger charge is 2.14. The maximum Gasteiger partial charge on any atom is 0.175 e. The number of hydrogen-bond donors (Lipinski definition) is 1. The average Bonchev–Trinajstić information content (AvgIpc) is 2.27. The minimum absolute atomic E-state index is 0.375. The highest BCUT2D eigenvalue weighted by molar-refractivity contribution is 7.90. The summed E-state index contributed by atoms with van der Waals surface area (Å²) >= 11 is 0. The van der Waals surface area contributed by atoms with Gasteiger partial charge in [-0.1, -0.05) is 26.0 Å². The molecule has 17 heavy (non-hydrogen) atoms. The van der Waals surface area contributed by atoms with Gasteiger partial charge in [-0.25, -0.2) is 8.42 Å². The van der Waals surface area contributed by atoms with Crippen LogP contribution in [0.2, 0.25) is 0 Å². The predicted octanol–water partition coefficient (Wildman–Crippen LogP) is 2.18. The van der Waals surface area contributed by atoms with Crippen LogP contribution in [0, 0.1) is 5.92 Å². The molecule has 0 spiro atoms. The molecule has 0 aliphatic carbocycles. The van der Waals surface area contributed by atoms with Crippen LogP contribution < -0.4 is 5.73 Å². The molecule has 0 radical (unpaired) electrons. The molecule has 0 aromatic heterocycles.